The molecule has 2 fully saturated rings. The minimum Gasteiger partial charge on any atom is -0.438 e. The Morgan fingerprint density at radius 3 is 2.68 bits per heavy atom. The predicted octanol–water partition coefficient (Wildman–Crippen LogP) is 2.52. The van der Waals surface area contributed by atoms with Gasteiger partial charge in [0.15, 0.2) is 11.5 Å². The van der Waals surface area contributed by atoms with Crippen molar-refractivity contribution in [2.45, 2.75) is 44.8 Å². The molecule has 25 heavy (non-hydrogen) atoms. The molecule has 1 aromatic carbocycles. The Hall–Kier alpha value is -2.10. The lowest BCUT2D eigenvalue weighted by molar-refractivity contribution is 0.281. The zero-order valence-corrected chi connectivity index (χ0v) is 15.0. The molecule has 0 bridgehead atoms. The summed E-state index contributed by atoms with van der Waals surface area (Å²) < 4.78 is 6.14. The summed E-state index contributed by atoms with van der Waals surface area (Å²) in [4.78, 5) is 9.18. The lowest BCUT2D eigenvalue weighted by Crippen LogP contribution is -2.32. The first-order valence-corrected chi connectivity index (χ1v) is 8.93. The minimum absolute atomic E-state index is 0.103. The lowest BCUT2D eigenvalue weighted by atomic mass is 9.99. The van der Waals surface area contributed by atoms with Crippen LogP contribution >= 0.6 is 0 Å². The van der Waals surface area contributed by atoms with E-state index in [1.54, 1.807) is 0 Å². The molecule has 1 saturated heterocycles. The number of fused-ring (bicyclic) bond motifs is 1. The van der Waals surface area contributed by atoms with Crippen LogP contribution < -0.4 is 4.90 Å². The van der Waals surface area contributed by atoms with Gasteiger partial charge in [-0.25, -0.2) is 4.98 Å². The molecule has 0 spiro atoms. The van der Waals surface area contributed by atoms with Gasteiger partial charge < -0.3 is 19.3 Å². The first-order valence-electron chi connectivity index (χ1n) is 8.93. The topological polar surface area (TPSA) is 76.5 Å². The van der Waals surface area contributed by atoms with Crippen LogP contribution in [0.1, 0.15) is 47.8 Å². The molecule has 6 nitrogen and oxygen atoms in total. The van der Waals surface area contributed by atoms with E-state index < -0.39 is 0 Å². The Balaban J connectivity index is 1.91. The lowest BCUT2D eigenvalue weighted by Gasteiger charge is -2.25. The fourth-order valence-electron chi connectivity index (χ4n) is 3.85. The Morgan fingerprint density at radius 2 is 2.12 bits per heavy atom. The number of hydrogen-bond acceptors (Lipinski definition) is 6. The van der Waals surface area contributed by atoms with Crippen LogP contribution in [0.25, 0.3) is 11.1 Å². The average molecular weight is 340 g/mol. The van der Waals surface area contributed by atoms with Gasteiger partial charge >= 0.3 is 0 Å². The number of nitrogens with zero attached hydrogens (tertiary/aromatic N) is 4. The number of likely N-dealkylation sites (N-methyl/N-ethyl adjacent to an activating group) is 1. The average Bonchev–Trinajstić information content (AvgIpc) is 3.16. The maximum atomic E-state index is 10.0. The van der Waals surface area contributed by atoms with Crippen molar-refractivity contribution in [3.8, 4) is 6.07 Å². The summed E-state index contributed by atoms with van der Waals surface area (Å²) >= 11 is 0. The number of anilines is 1. The third-order valence-electron chi connectivity index (χ3n) is 5.62. The largest absolute Gasteiger partial charge is 0.438 e. The van der Waals surface area contributed by atoms with Crippen molar-refractivity contribution >= 4 is 16.8 Å². The van der Waals surface area contributed by atoms with Gasteiger partial charge in [0.2, 0.25) is 0 Å². The van der Waals surface area contributed by atoms with E-state index >= 15 is 0 Å². The Kier molecular flexibility index (Phi) is 3.94. The second-order valence-electron chi connectivity index (χ2n) is 7.45. The molecule has 1 saturated carbocycles. The highest BCUT2D eigenvalue weighted by Crippen LogP contribution is 2.44. The molecule has 1 atom stereocenters. The van der Waals surface area contributed by atoms with Gasteiger partial charge in [0.05, 0.1) is 17.9 Å². The number of aliphatic hydroxyl groups excluding tert-OH is 1. The van der Waals surface area contributed by atoms with Crippen molar-refractivity contribution in [2.75, 3.05) is 32.1 Å². The molecule has 0 radical (unpaired) electrons. The van der Waals surface area contributed by atoms with Crippen molar-refractivity contribution in [3.63, 3.8) is 0 Å². The molecular weight excluding hydrogens is 316 g/mol. The van der Waals surface area contributed by atoms with Gasteiger partial charge in [-0.1, -0.05) is 0 Å². The van der Waals surface area contributed by atoms with Crippen molar-refractivity contribution in [3.05, 3.63) is 22.6 Å². The summed E-state index contributed by atoms with van der Waals surface area (Å²) in [5.41, 5.74) is 4.40. The predicted molar refractivity (Wildman–Crippen MR) is 95.7 cm³/mol. The van der Waals surface area contributed by atoms with E-state index in [0.29, 0.717) is 28.6 Å². The summed E-state index contributed by atoms with van der Waals surface area (Å²) in [7, 11) is 4.20. The van der Waals surface area contributed by atoms with E-state index in [4.69, 9.17) is 4.42 Å². The summed E-state index contributed by atoms with van der Waals surface area (Å²) in [6, 6.07) is 2.75. The van der Waals surface area contributed by atoms with Crippen molar-refractivity contribution in [2.24, 2.45) is 0 Å². The molecule has 1 aromatic heterocycles. The van der Waals surface area contributed by atoms with Crippen LogP contribution in [0.5, 0.6) is 0 Å². The smallest absolute Gasteiger partial charge is 0.198 e. The maximum Gasteiger partial charge on any atom is 0.198 e. The number of rotatable bonds is 4. The fraction of sp³-hybridized carbons (Fsp3) is 0.579. The molecule has 2 heterocycles. The molecule has 0 amide bonds. The molecule has 132 valence electrons. The van der Waals surface area contributed by atoms with E-state index in [1.165, 1.54) is 0 Å². The van der Waals surface area contributed by atoms with Gasteiger partial charge in [0.25, 0.3) is 0 Å². The van der Waals surface area contributed by atoms with E-state index in [-0.39, 0.29) is 6.61 Å². The first-order chi connectivity index (χ1) is 12.0. The summed E-state index contributed by atoms with van der Waals surface area (Å²) in [5, 5.41) is 19.7. The Morgan fingerprint density at radius 1 is 1.36 bits per heavy atom. The summed E-state index contributed by atoms with van der Waals surface area (Å²) in [6.45, 7) is 3.60. The molecule has 1 aliphatic carbocycles. The third-order valence-corrected chi connectivity index (χ3v) is 5.62. The number of hydrogen-bond donors (Lipinski definition) is 1. The Labute approximate surface area is 147 Å². The number of aliphatic hydroxyl groups is 1. The zero-order chi connectivity index (χ0) is 17.7. The highest BCUT2D eigenvalue weighted by Gasteiger charge is 2.34. The third kappa shape index (κ3) is 2.59. The second-order valence-corrected chi connectivity index (χ2v) is 7.45. The van der Waals surface area contributed by atoms with Crippen molar-refractivity contribution in [1.29, 1.82) is 5.26 Å². The minimum atomic E-state index is -0.103. The number of benzene rings is 1. The Bertz CT molecular complexity index is 861. The van der Waals surface area contributed by atoms with Crippen LogP contribution in [-0.4, -0.2) is 48.2 Å². The van der Waals surface area contributed by atoms with Crippen molar-refractivity contribution in [1.82, 2.24) is 9.88 Å². The van der Waals surface area contributed by atoms with Gasteiger partial charge in [-0.15, -0.1) is 0 Å². The standard InChI is InChI=1S/C19H24N4O2/c1-11-14(8-20)16-18(25-19(21-16)12-4-5-12)17(15(11)10-24)23-7-6-13(9-23)22(2)3/h12-13,24H,4-7,9-10H2,1-3H3/t13-/m0/s1. The number of oxazole rings is 1. The molecule has 2 aliphatic rings. The van der Waals surface area contributed by atoms with Gasteiger partial charge in [0, 0.05) is 30.6 Å². The van der Waals surface area contributed by atoms with E-state index in [2.05, 4.69) is 34.9 Å². The van der Waals surface area contributed by atoms with E-state index in [1.807, 2.05) is 6.92 Å². The highest BCUT2D eigenvalue weighted by molar-refractivity contribution is 5.94. The van der Waals surface area contributed by atoms with Crippen LogP contribution in [0.4, 0.5) is 5.69 Å². The molecule has 0 unspecified atom stereocenters. The van der Waals surface area contributed by atoms with Gasteiger partial charge in [-0.3, -0.25) is 0 Å². The summed E-state index contributed by atoms with van der Waals surface area (Å²) in [5.74, 6) is 1.13. The van der Waals surface area contributed by atoms with Crippen LogP contribution in [0.3, 0.4) is 0 Å². The van der Waals surface area contributed by atoms with Crippen LogP contribution in [-0.2, 0) is 6.61 Å². The van der Waals surface area contributed by atoms with Gasteiger partial charge in [-0.05, 0) is 45.8 Å². The fourth-order valence-corrected chi connectivity index (χ4v) is 3.85. The molecular formula is C19H24N4O2. The van der Waals surface area contributed by atoms with Crippen LogP contribution in [0.15, 0.2) is 4.42 Å². The number of aromatic nitrogens is 1. The molecule has 4 rings (SSSR count). The zero-order valence-electron chi connectivity index (χ0n) is 15.0. The normalized spacial score (nSPS) is 20.6. The quantitative estimate of drug-likeness (QED) is 0.922. The molecule has 1 aliphatic heterocycles. The van der Waals surface area contributed by atoms with Crippen LogP contribution in [0.2, 0.25) is 0 Å². The van der Waals surface area contributed by atoms with Gasteiger partial charge in [0.1, 0.15) is 11.6 Å². The summed E-state index contributed by atoms with van der Waals surface area (Å²) in [6.07, 6.45) is 3.27. The maximum absolute atomic E-state index is 10.0. The highest BCUT2D eigenvalue weighted by atomic mass is 16.4. The second kappa shape index (κ2) is 6.01. The molecule has 2 aromatic rings. The monoisotopic (exact) mass is 340 g/mol. The van der Waals surface area contributed by atoms with Crippen molar-refractivity contribution < 1.29 is 9.52 Å². The van der Waals surface area contributed by atoms with E-state index in [0.717, 1.165) is 55.1 Å². The molecule has 1 N–H and O–H groups in total. The van der Waals surface area contributed by atoms with Crippen LogP contribution in [0, 0.1) is 18.3 Å². The number of nitriles is 1. The van der Waals surface area contributed by atoms with E-state index in [9.17, 15) is 10.4 Å². The SMILES string of the molecule is Cc1c(CO)c(N2CC[C@H](N(C)C)C2)c2oc(C3CC3)nc2c1C#N. The molecule has 6 heteroatoms. The van der Waals surface area contributed by atoms with Gasteiger partial charge in [-0.2, -0.15) is 5.26 Å². The first kappa shape index (κ1) is 16.4.